The Hall–Kier alpha value is -1.08. The molecule has 0 bridgehead atoms. The first kappa shape index (κ1) is 7.24. The molecule has 1 aromatic rings. The van der Waals surface area contributed by atoms with Crippen LogP contribution in [0.15, 0.2) is 29.8 Å². The van der Waals surface area contributed by atoms with Gasteiger partial charge in [0.05, 0.1) is 0 Å². The Kier molecular flexibility index (Phi) is 1.53. The number of nitrogens with zero attached hydrogens (tertiary/aromatic N) is 1. The molecule has 1 aliphatic heterocycles. The van der Waals surface area contributed by atoms with Crippen LogP contribution in [0, 0.1) is 0 Å². The van der Waals surface area contributed by atoms with Gasteiger partial charge in [-0.2, -0.15) is 0 Å². The molecule has 1 heterocycles. The zero-order valence-corrected chi connectivity index (χ0v) is 8.29. The lowest BCUT2D eigenvalue weighted by atomic mass is 10.0. The molecule has 0 atom stereocenters. The van der Waals surface area contributed by atoms with Crippen LogP contribution >= 0.6 is 0 Å². The molecule has 14 heavy (non-hydrogen) atoms. The molecule has 0 saturated heterocycles. The highest BCUT2D eigenvalue weighted by molar-refractivity contribution is 5.78. The summed E-state index contributed by atoms with van der Waals surface area (Å²) in [5.41, 5.74) is 6.03. The van der Waals surface area contributed by atoms with Crippen molar-refractivity contribution in [2.45, 2.75) is 12.8 Å². The number of hydrogen-bond acceptors (Lipinski definition) is 1. The third-order valence-electron chi connectivity index (χ3n) is 3.28. The summed E-state index contributed by atoms with van der Waals surface area (Å²) in [6, 6.07) is 8.71. The summed E-state index contributed by atoms with van der Waals surface area (Å²) < 4.78 is 7.44. The number of hydrogen-bond donors (Lipinski definition) is 0. The topological polar surface area (TPSA) is 3.24 Å². The van der Waals surface area contributed by atoms with E-state index in [4.69, 9.17) is 1.37 Å². The molecule has 1 nitrogen and oxygen atoms in total. The van der Waals surface area contributed by atoms with Gasteiger partial charge >= 0.3 is 0 Å². The van der Waals surface area contributed by atoms with Gasteiger partial charge in [0.2, 0.25) is 0 Å². The molecule has 1 aliphatic carbocycles. The lowest BCUT2D eigenvalue weighted by molar-refractivity contribution is 0.367. The van der Waals surface area contributed by atoms with Crippen LogP contribution in [-0.4, -0.2) is 25.0 Å². The normalized spacial score (nSPS) is 21.9. The number of fused-ring (bicyclic) bond motifs is 2. The van der Waals surface area contributed by atoms with Gasteiger partial charge in [0.15, 0.2) is 0 Å². The van der Waals surface area contributed by atoms with Crippen LogP contribution in [0.2, 0.25) is 0 Å². The van der Waals surface area contributed by atoms with Crippen LogP contribution in [0.1, 0.15) is 18.9 Å². The van der Waals surface area contributed by atoms with E-state index in [2.05, 4.69) is 29.2 Å². The molecule has 0 radical (unpaired) electrons. The summed E-state index contributed by atoms with van der Waals surface area (Å²) in [5.74, 6) is 0. The van der Waals surface area contributed by atoms with Gasteiger partial charge in [-0.05, 0) is 36.6 Å². The first-order valence-corrected chi connectivity index (χ1v) is 5.19. The van der Waals surface area contributed by atoms with Crippen molar-refractivity contribution >= 4 is 5.57 Å². The Morgan fingerprint density at radius 1 is 1.36 bits per heavy atom. The van der Waals surface area contributed by atoms with Crippen LogP contribution in [0.5, 0.6) is 0 Å². The standard InChI is InChI=1S/C13H15N/c1-14-7-6-11-8-10-4-2-3-5-12(10)13(11)9-14/h2-5H,6-9H2,1H3/i1D. The monoisotopic (exact) mass is 186 g/mol. The van der Waals surface area contributed by atoms with Gasteiger partial charge in [-0.1, -0.05) is 29.8 Å². The molecule has 0 saturated carbocycles. The maximum Gasteiger partial charge on any atom is 0.0394 e. The highest BCUT2D eigenvalue weighted by atomic mass is 15.1. The van der Waals surface area contributed by atoms with Crippen molar-refractivity contribution in [3.05, 3.63) is 41.0 Å². The zero-order chi connectivity index (χ0) is 10.3. The van der Waals surface area contributed by atoms with E-state index in [-0.39, 0.29) is 0 Å². The lowest BCUT2D eigenvalue weighted by Gasteiger charge is -2.24. The minimum atomic E-state index is 0.430. The lowest BCUT2D eigenvalue weighted by Crippen LogP contribution is -2.26. The van der Waals surface area contributed by atoms with Crippen molar-refractivity contribution in [2.24, 2.45) is 0 Å². The zero-order valence-electron chi connectivity index (χ0n) is 9.29. The van der Waals surface area contributed by atoms with E-state index in [0.717, 1.165) is 25.9 Å². The van der Waals surface area contributed by atoms with Gasteiger partial charge in [-0.25, -0.2) is 0 Å². The van der Waals surface area contributed by atoms with Gasteiger partial charge in [0.1, 0.15) is 0 Å². The maximum atomic E-state index is 7.44. The molecule has 0 fully saturated rings. The summed E-state index contributed by atoms with van der Waals surface area (Å²) in [5, 5.41) is 0. The molecular formula is C13H15N. The molecule has 0 aromatic heterocycles. The number of rotatable bonds is 0. The Labute approximate surface area is 86.4 Å². The first-order chi connectivity index (χ1) is 7.38. The maximum absolute atomic E-state index is 7.44. The Bertz CT molecular complexity index is 422. The third kappa shape index (κ3) is 1.12. The van der Waals surface area contributed by atoms with Crippen molar-refractivity contribution in [1.29, 1.82) is 0 Å². The van der Waals surface area contributed by atoms with Crippen LogP contribution in [-0.2, 0) is 6.42 Å². The van der Waals surface area contributed by atoms with Gasteiger partial charge < -0.3 is 4.90 Å². The quantitative estimate of drug-likeness (QED) is 0.601. The molecule has 1 heteroatoms. The predicted octanol–water partition coefficient (Wildman–Crippen LogP) is 2.33. The van der Waals surface area contributed by atoms with Crippen LogP contribution in [0.4, 0.5) is 0 Å². The first-order valence-electron chi connectivity index (χ1n) is 5.90. The molecule has 0 spiro atoms. The highest BCUT2D eigenvalue weighted by Gasteiger charge is 2.24. The van der Waals surface area contributed by atoms with Crippen molar-refractivity contribution < 1.29 is 1.37 Å². The Morgan fingerprint density at radius 2 is 2.29 bits per heavy atom. The van der Waals surface area contributed by atoms with Gasteiger partial charge in [-0.15, -0.1) is 0 Å². The summed E-state index contributed by atoms with van der Waals surface area (Å²) in [6.07, 6.45) is 2.31. The van der Waals surface area contributed by atoms with E-state index in [9.17, 15) is 0 Å². The molecule has 1 aromatic carbocycles. The molecule has 2 aliphatic rings. The summed E-state index contributed by atoms with van der Waals surface area (Å²) >= 11 is 0. The molecular weight excluding hydrogens is 170 g/mol. The minimum absolute atomic E-state index is 0.430. The Morgan fingerprint density at radius 3 is 3.21 bits per heavy atom. The second kappa shape index (κ2) is 2.96. The van der Waals surface area contributed by atoms with Gasteiger partial charge in [0, 0.05) is 14.5 Å². The fourth-order valence-electron chi connectivity index (χ4n) is 2.53. The van der Waals surface area contributed by atoms with Crippen molar-refractivity contribution in [2.75, 3.05) is 20.1 Å². The molecule has 72 valence electrons. The van der Waals surface area contributed by atoms with Crippen LogP contribution < -0.4 is 0 Å². The summed E-state index contributed by atoms with van der Waals surface area (Å²) in [4.78, 5) is 2.21. The van der Waals surface area contributed by atoms with Crippen molar-refractivity contribution in [3.8, 4) is 0 Å². The van der Waals surface area contributed by atoms with E-state index in [0.29, 0.717) is 7.02 Å². The van der Waals surface area contributed by atoms with Crippen LogP contribution in [0.25, 0.3) is 5.57 Å². The predicted molar refractivity (Wildman–Crippen MR) is 59.2 cm³/mol. The second-order valence-electron chi connectivity index (χ2n) is 4.22. The fourth-order valence-corrected chi connectivity index (χ4v) is 2.53. The molecule has 3 rings (SSSR count). The smallest absolute Gasteiger partial charge is 0.0394 e. The van der Waals surface area contributed by atoms with Gasteiger partial charge in [0.25, 0.3) is 0 Å². The van der Waals surface area contributed by atoms with E-state index in [1.807, 2.05) is 0 Å². The van der Waals surface area contributed by atoms with E-state index < -0.39 is 0 Å². The average molecular weight is 186 g/mol. The van der Waals surface area contributed by atoms with Crippen molar-refractivity contribution in [1.82, 2.24) is 4.90 Å². The highest BCUT2D eigenvalue weighted by Crippen LogP contribution is 2.36. The minimum Gasteiger partial charge on any atom is -0.302 e. The number of likely N-dealkylation sites (N-methyl/N-ethyl adjacent to an activating group) is 1. The summed E-state index contributed by atoms with van der Waals surface area (Å²) in [6.45, 7) is 2.05. The largest absolute Gasteiger partial charge is 0.302 e. The van der Waals surface area contributed by atoms with E-state index in [1.54, 1.807) is 5.57 Å². The fraction of sp³-hybridized carbons (Fsp3) is 0.385. The number of benzene rings is 1. The van der Waals surface area contributed by atoms with Crippen molar-refractivity contribution in [3.63, 3.8) is 0 Å². The average Bonchev–Trinajstić information content (AvgIpc) is 2.66. The van der Waals surface area contributed by atoms with Gasteiger partial charge in [-0.3, -0.25) is 0 Å². The molecule has 0 N–H and O–H groups in total. The molecule has 0 amide bonds. The van der Waals surface area contributed by atoms with E-state index in [1.165, 1.54) is 16.7 Å². The third-order valence-corrected chi connectivity index (χ3v) is 3.28. The SMILES string of the molecule is [2H]CN1CCC2=C(C1)c1ccccc1C2. The second-order valence-corrected chi connectivity index (χ2v) is 4.22. The van der Waals surface area contributed by atoms with E-state index >= 15 is 0 Å². The molecule has 0 unspecified atom stereocenters. The Balaban J connectivity index is 1.98. The summed E-state index contributed by atoms with van der Waals surface area (Å²) in [7, 11) is 0.430. The van der Waals surface area contributed by atoms with Crippen LogP contribution in [0.3, 0.4) is 0 Å².